The molecule has 1 aromatic heterocycles. The van der Waals surface area contributed by atoms with Crippen LogP contribution in [0.2, 0.25) is 5.02 Å². The highest BCUT2D eigenvalue weighted by atomic mass is 79.9. The monoisotopic (exact) mass is 284 g/mol. The van der Waals surface area contributed by atoms with E-state index < -0.39 is 17.9 Å². The fraction of sp³-hybridized carbons (Fsp3) is 0.143. The maximum Gasteiger partial charge on any atom is 0.266 e. The van der Waals surface area contributed by atoms with Crippen LogP contribution >= 0.6 is 27.5 Å². The van der Waals surface area contributed by atoms with Gasteiger partial charge in [0.15, 0.2) is 0 Å². The Balaban J connectivity index is 3.45. The van der Waals surface area contributed by atoms with Gasteiger partial charge in [-0.1, -0.05) is 11.6 Å². The van der Waals surface area contributed by atoms with Gasteiger partial charge in [0.25, 0.3) is 12.3 Å². The molecule has 0 aliphatic heterocycles. The van der Waals surface area contributed by atoms with Crippen molar-refractivity contribution in [3.05, 3.63) is 26.9 Å². The lowest BCUT2D eigenvalue weighted by molar-refractivity contribution is 0.0985. The number of nitrogens with two attached hydrogens (primary N) is 1. The molecule has 14 heavy (non-hydrogen) atoms. The Hall–Kier alpha value is -0.750. The molecule has 0 radical (unpaired) electrons. The Morgan fingerprint density at radius 2 is 2.21 bits per heavy atom. The number of aromatic nitrogens is 1. The van der Waals surface area contributed by atoms with Crippen molar-refractivity contribution in [3.8, 4) is 0 Å². The number of pyridine rings is 1. The zero-order valence-electron chi connectivity index (χ0n) is 6.60. The van der Waals surface area contributed by atoms with Gasteiger partial charge in [-0.05, 0) is 15.9 Å². The van der Waals surface area contributed by atoms with Crippen LogP contribution in [0.3, 0.4) is 0 Å². The summed E-state index contributed by atoms with van der Waals surface area (Å²) in [6.07, 6.45) is -1.91. The van der Waals surface area contributed by atoms with Crippen molar-refractivity contribution in [1.82, 2.24) is 4.98 Å². The number of hydrogen-bond acceptors (Lipinski definition) is 2. The third kappa shape index (κ3) is 2.01. The first-order valence-corrected chi connectivity index (χ1v) is 4.54. The molecule has 0 bridgehead atoms. The van der Waals surface area contributed by atoms with Gasteiger partial charge in [-0.3, -0.25) is 4.79 Å². The van der Waals surface area contributed by atoms with Crippen LogP contribution in [0.1, 0.15) is 22.3 Å². The van der Waals surface area contributed by atoms with Crippen LogP contribution in [0.4, 0.5) is 8.78 Å². The summed E-state index contributed by atoms with van der Waals surface area (Å²) in [6.45, 7) is 0. The smallest absolute Gasteiger partial charge is 0.266 e. The Labute approximate surface area is 91.4 Å². The molecule has 0 aliphatic rings. The average molecular weight is 285 g/mol. The summed E-state index contributed by atoms with van der Waals surface area (Å²) >= 11 is 8.41. The lowest BCUT2D eigenvalue weighted by Crippen LogP contribution is -2.15. The molecule has 0 aromatic carbocycles. The van der Waals surface area contributed by atoms with Crippen molar-refractivity contribution in [1.29, 1.82) is 0 Å². The van der Waals surface area contributed by atoms with Crippen LogP contribution in [-0.4, -0.2) is 10.9 Å². The third-order valence-corrected chi connectivity index (χ3v) is 2.71. The number of carbonyl (C=O) groups is 1. The number of hydrogen-bond donors (Lipinski definition) is 1. The maximum absolute atomic E-state index is 12.5. The van der Waals surface area contributed by atoms with Crippen molar-refractivity contribution in [2.75, 3.05) is 0 Å². The molecule has 0 fully saturated rings. The number of primary amides is 1. The van der Waals surface area contributed by atoms with Gasteiger partial charge in [0.1, 0.15) is 4.60 Å². The van der Waals surface area contributed by atoms with Gasteiger partial charge < -0.3 is 5.73 Å². The van der Waals surface area contributed by atoms with E-state index in [-0.39, 0.29) is 15.2 Å². The van der Waals surface area contributed by atoms with Crippen molar-refractivity contribution in [3.63, 3.8) is 0 Å². The van der Waals surface area contributed by atoms with Crippen molar-refractivity contribution < 1.29 is 13.6 Å². The first-order valence-electron chi connectivity index (χ1n) is 3.37. The van der Waals surface area contributed by atoms with Gasteiger partial charge >= 0.3 is 0 Å². The molecule has 3 nitrogen and oxygen atoms in total. The van der Waals surface area contributed by atoms with E-state index in [4.69, 9.17) is 17.3 Å². The fourth-order valence-electron chi connectivity index (χ4n) is 0.886. The largest absolute Gasteiger partial charge is 0.366 e. The van der Waals surface area contributed by atoms with Crippen molar-refractivity contribution in [2.24, 2.45) is 5.73 Å². The second-order valence-electron chi connectivity index (χ2n) is 2.36. The van der Waals surface area contributed by atoms with Gasteiger partial charge in [0.2, 0.25) is 0 Å². The van der Waals surface area contributed by atoms with E-state index in [1.807, 2.05) is 0 Å². The fourth-order valence-corrected chi connectivity index (χ4v) is 1.44. The first kappa shape index (κ1) is 11.3. The Kier molecular flexibility index (Phi) is 3.38. The minimum Gasteiger partial charge on any atom is -0.366 e. The van der Waals surface area contributed by atoms with Crippen LogP contribution in [-0.2, 0) is 0 Å². The normalized spacial score (nSPS) is 10.6. The number of carbonyl (C=O) groups excluding carboxylic acids is 1. The SMILES string of the molecule is NC(=O)c1cnc(Br)c(Cl)c1C(F)F. The molecule has 0 unspecified atom stereocenters. The molecule has 0 spiro atoms. The highest BCUT2D eigenvalue weighted by Gasteiger charge is 2.22. The van der Waals surface area contributed by atoms with Crippen molar-refractivity contribution >= 4 is 33.4 Å². The Bertz CT molecular complexity index is 386. The van der Waals surface area contributed by atoms with E-state index in [1.165, 1.54) is 0 Å². The first-order chi connectivity index (χ1) is 6.45. The van der Waals surface area contributed by atoms with Crippen LogP contribution in [0, 0.1) is 0 Å². The molecule has 2 N–H and O–H groups in total. The molecule has 76 valence electrons. The molecule has 0 saturated carbocycles. The van der Waals surface area contributed by atoms with Crippen LogP contribution < -0.4 is 5.73 Å². The number of rotatable bonds is 2. The molecule has 7 heteroatoms. The molecule has 1 aromatic rings. The van der Waals surface area contributed by atoms with E-state index in [0.29, 0.717) is 0 Å². The predicted octanol–water partition coefficient (Wildman–Crippen LogP) is 2.53. The Morgan fingerprint density at radius 3 is 2.64 bits per heavy atom. The zero-order valence-corrected chi connectivity index (χ0v) is 8.94. The topological polar surface area (TPSA) is 56.0 Å². The number of nitrogens with zero attached hydrogens (tertiary/aromatic N) is 1. The maximum atomic E-state index is 12.5. The second-order valence-corrected chi connectivity index (χ2v) is 3.48. The summed E-state index contributed by atoms with van der Waals surface area (Å²) in [5, 5.41) is -0.295. The molecular formula is C7H4BrClF2N2O. The van der Waals surface area contributed by atoms with Gasteiger partial charge in [-0.2, -0.15) is 0 Å². The highest BCUT2D eigenvalue weighted by molar-refractivity contribution is 9.10. The molecular weight excluding hydrogens is 281 g/mol. The minimum atomic E-state index is -2.87. The summed E-state index contributed by atoms with van der Waals surface area (Å²) in [5.41, 5.74) is 3.92. The standard InChI is InChI=1S/C7H4BrClF2N2O/c8-5-4(9)3(6(10)11)2(1-13-5)7(12)14/h1,6H,(H2,12,14). The summed E-state index contributed by atoms with van der Waals surface area (Å²) < 4.78 is 25.0. The number of alkyl halides is 2. The number of amides is 1. The average Bonchev–Trinajstić information content (AvgIpc) is 2.08. The van der Waals surface area contributed by atoms with Gasteiger partial charge in [-0.25, -0.2) is 13.8 Å². The predicted molar refractivity (Wildman–Crippen MR) is 50.4 cm³/mol. The van der Waals surface area contributed by atoms with E-state index in [1.54, 1.807) is 0 Å². The summed E-state index contributed by atoms with van der Waals surface area (Å²) in [7, 11) is 0. The van der Waals surface area contributed by atoms with Gasteiger partial charge in [0.05, 0.1) is 16.1 Å². The molecule has 1 rings (SSSR count). The molecule has 0 saturated heterocycles. The van der Waals surface area contributed by atoms with Crippen LogP contribution in [0.25, 0.3) is 0 Å². The highest BCUT2D eigenvalue weighted by Crippen LogP contribution is 2.33. The second kappa shape index (κ2) is 4.18. The lowest BCUT2D eigenvalue weighted by atomic mass is 10.1. The van der Waals surface area contributed by atoms with Crippen molar-refractivity contribution in [2.45, 2.75) is 6.43 Å². The van der Waals surface area contributed by atoms with E-state index in [2.05, 4.69) is 20.9 Å². The summed E-state index contributed by atoms with van der Waals surface area (Å²) in [5.74, 6) is -0.984. The zero-order chi connectivity index (χ0) is 10.9. The molecule has 0 atom stereocenters. The summed E-state index contributed by atoms with van der Waals surface area (Å²) in [6, 6.07) is 0. The molecule has 0 aliphatic carbocycles. The summed E-state index contributed by atoms with van der Waals surface area (Å²) in [4.78, 5) is 14.4. The van der Waals surface area contributed by atoms with E-state index >= 15 is 0 Å². The van der Waals surface area contributed by atoms with Gasteiger partial charge in [0, 0.05) is 6.20 Å². The quantitative estimate of drug-likeness (QED) is 0.849. The number of halogens is 4. The molecule has 1 amide bonds. The Morgan fingerprint density at radius 1 is 1.64 bits per heavy atom. The molecule has 1 heterocycles. The van der Waals surface area contributed by atoms with Crippen LogP contribution in [0.15, 0.2) is 10.8 Å². The minimum absolute atomic E-state index is 0.0551. The third-order valence-electron chi connectivity index (χ3n) is 1.50. The lowest BCUT2D eigenvalue weighted by Gasteiger charge is -2.08. The van der Waals surface area contributed by atoms with Gasteiger partial charge in [-0.15, -0.1) is 0 Å². The van der Waals surface area contributed by atoms with E-state index in [0.717, 1.165) is 6.20 Å². The van der Waals surface area contributed by atoms with E-state index in [9.17, 15) is 13.6 Å². The van der Waals surface area contributed by atoms with Crippen LogP contribution in [0.5, 0.6) is 0 Å².